The fourth-order valence-electron chi connectivity index (χ4n) is 2.49. The molecule has 3 aromatic rings. The highest BCUT2D eigenvalue weighted by atomic mass is 35.5. The van der Waals surface area contributed by atoms with Crippen LogP contribution in [0, 0.1) is 17.0 Å². The monoisotopic (exact) mass is 412 g/mol. The van der Waals surface area contributed by atoms with Crippen LogP contribution in [-0.2, 0) is 4.79 Å². The number of nitrogens with one attached hydrogen (secondary N) is 2. The first kappa shape index (κ1) is 20.1. The number of anilines is 1. The van der Waals surface area contributed by atoms with Gasteiger partial charge in [0.25, 0.3) is 11.6 Å². The Hall–Kier alpha value is -3.65. The van der Waals surface area contributed by atoms with Gasteiger partial charge in [0.05, 0.1) is 23.2 Å². The van der Waals surface area contributed by atoms with Crippen LogP contribution in [0.1, 0.15) is 11.3 Å². The topological polar surface area (TPSA) is 110 Å². The summed E-state index contributed by atoms with van der Waals surface area (Å²) in [5.74, 6) is 0.292. The lowest BCUT2D eigenvalue weighted by molar-refractivity contribution is -0.384. The third kappa shape index (κ3) is 5.43. The van der Waals surface area contributed by atoms with Crippen LogP contribution in [0.4, 0.5) is 11.4 Å². The number of hydrazone groups is 1. The Bertz CT molecular complexity index is 1060. The number of carbonyl (C=O) groups excluding carboxylic acids is 1. The van der Waals surface area contributed by atoms with Gasteiger partial charge in [-0.05, 0) is 43.3 Å². The van der Waals surface area contributed by atoms with E-state index in [1.54, 1.807) is 18.2 Å². The van der Waals surface area contributed by atoms with Crippen LogP contribution in [-0.4, -0.2) is 23.6 Å². The summed E-state index contributed by atoms with van der Waals surface area (Å²) in [7, 11) is 0. The van der Waals surface area contributed by atoms with Gasteiger partial charge >= 0.3 is 0 Å². The van der Waals surface area contributed by atoms with Gasteiger partial charge in [0, 0.05) is 16.8 Å². The molecule has 0 aliphatic heterocycles. The Kier molecular flexibility index (Phi) is 6.25. The van der Waals surface area contributed by atoms with Gasteiger partial charge < -0.3 is 9.73 Å². The van der Waals surface area contributed by atoms with E-state index in [9.17, 15) is 14.9 Å². The number of furan rings is 1. The number of hydrogen-bond acceptors (Lipinski definition) is 6. The number of halogens is 1. The highest BCUT2D eigenvalue weighted by Gasteiger charge is 2.18. The van der Waals surface area contributed by atoms with E-state index >= 15 is 0 Å². The van der Waals surface area contributed by atoms with Crippen molar-refractivity contribution in [3.05, 3.63) is 81.1 Å². The van der Waals surface area contributed by atoms with Crippen LogP contribution >= 0.6 is 11.6 Å². The van der Waals surface area contributed by atoms with Gasteiger partial charge in [0.15, 0.2) is 0 Å². The number of amides is 1. The fourth-order valence-corrected chi connectivity index (χ4v) is 2.66. The van der Waals surface area contributed by atoms with Gasteiger partial charge in [-0.15, -0.1) is 0 Å². The van der Waals surface area contributed by atoms with E-state index in [0.717, 1.165) is 11.3 Å². The maximum absolute atomic E-state index is 11.8. The molecule has 1 amide bonds. The van der Waals surface area contributed by atoms with Crippen molar-refractivity contribution in [2.24, 2.45) is 5.10 Å². The van der Waals surface area contributed by atoms with E-state index in [-0.39, 0.29) is 23.2 Å². The van der Waals surface area contributed by atoms with Crippen molar-refractivity contribution in [2.75, 3.05) is 11.9 Å². The molecule has 8 nitrogen and oxygen atoms in total. The standard InChI is InChI=1S/C20H17ClN4O4/c1-13-2-5-15(6-3-13)22-12-20(26)24-23-11-16-7-9-19(29-16)17-8-4-14(21)10-18(17)25(27)28/h2-11,22H,12H2,1H3,(H,24,26)/b23-11-. The number of rotatable bonds is 7. The summed E-state index contributed by atoms with van der Waals surface area (Å²) in [4.78, 5) is 22.5. The predicted octanol–water partition coefficient (Wildman–Crippen LogP) is 4.38. The molecule has 0 atom stereocenters. The van der Waals surface area contributed by atoms with E-state index in [2.05, 4.69) is 15.8 Å². The quantitative estimate of drug-likeness (QED) is 0.340. The number of nitro benzene ring substituents is 1. The van der Waals surface area contributed by atoms with Crippen molar-refractivity contribution in [1.82, 2.24) is 5.43 Å². The number of nitrogens with zero attached hydrogens (tertiary/aromatic N) is 2. The SMILES string of the molecule is Cc1ccc(NCC(=O)N/N=C\c2ccc(-c3ccc(Cl)cc3[N+](=O)[O-])o2)cc1. The van der Waals surface area contributed by atoms with Crippen molar-refractivity contribution < 1.29 is 14.1 Å². The molecule has 3 rings (SSSR count). The number of aryl methyl sites for hydroxylation is 1. The Morgan fingerprint density at radius 3 is 2.69 bits per heavy atom. The molecule has 0 fully saturated rings. The molecule has 2 aromatic carbocycles. The zero-order valence-electron chi connectivity index (χ0n) is 15.4. The lowest BCUT2D eigenvalue weighted by Crippen LogP contribution is -2.25. The Morgan fingerprint density at radius 1 is 1.21 bits per heavy atom. The van der Waals surface area contributed by atoms with Crippen LogP contribution < -0.4 is 10.7 Å². The van der Waals surface area contributed by atoms with Crippen molar-refractivity contribution >= 4 is 35.1 Å². The van der Waals surface area contributed by atoms with E-state index in [1.165, 1.54) is 18.3 Å². The summed E-state index contributed by atoms with van der Waals surface area (Å²) in [5, 5.41) is 18.3. The van der Waals surface area contributed by atoms with Crippen molar-refractivity contribution in [2.45, 2.75) is 6.92 Å². The minimum Gasteiger partial charge on any atom is -0.455 e. The number of benzene rings is 2. The molecule has 29 heavy (non-hydrogen) atoms. The van der Waals surface area contributed by atoms with Gasteiger partial charge in [-0.2, -0.15) is 5.10 Å². The van der Waals surface area contributed by atoms with Crippen molar-refractivity contribution in [3.8, 4) is 11.3 Å². The summed E-state index contributed by atoms with van der Waals surface area (Å²) in [6, 6.07) is 15.1. The first-order chi connectivity index (χ1) is 13.9. The highest BCUT2D eigenvalue weighted by molar-refractivity contribution is 6.30. The minimum atomic E-state index is -0.529. The molecule has 0 aliphatic rings. The average molecular weight is 413 g/mol. The molecular formula is C20H17ClN4O4. The maximum atomic E-state index is 11.8. The number of carbonyl (C=O) groups is 1. The predicted molar refractivity (Wildman–Crippen MR) is 111 cm³/mol. The Labute approximate surface area is 171 Å². The fraction of sp³-hybridized carbons (Fsp3) is 0.100. The lowest BCUT2D eigenvalue weighted by atomic mass is 10.1. The molecule has 1 aromatic heterocycles. The third-order valence-electron chi connectivity index (χ3n) is 3.93. The molecule has 0 spiro atoms. The van der Waals surface area contributed by atoms with Crippen molar-refractivity contribution in [1.29, 1.82) is 0 Å². The first-order valence-electron chi connectivity index (χ1n) is 8.59. The van der Waals surface area contributed by atoms with Crippen LogP contribution in [0.5, 0.6) is 0 Å². The maximum Gasteiger partial charge on any atom is 0.281 e. The summed E-state index contributed by atoms with van der Waals surface area (Å²) in [6.07, 6.45) is 1.31. The third-order valence-corrected chi connectivity index (χ3v) is 4.17. The van der Waals surface area contributed by atoms with E-state index in [1.807, 2.05) is 31.2 Å². The molecule has 0 aliphatic carbocycles. The molecule has 0 unspecified atom stereocenters. The molecule has 0 radical (unpaired) electrons. The molecule has 0 saturated carbocycles. The summed E-state index contributed by atoms with van der Waals surface area (Å²) < 4.78 is 5.56. The molecule has 9 heteroatoms. The van der Waals surface area contributed by atoms with Crippen molar-refractivity contribution in [3.63, 3.8) is 0 Å². The van der Waals surface area contributed by atoms with Gasteiger partial charge in [-0.3, -0.25) is 14.9 Å². The summed E-state index contributed by atoms with van der Waals surface area (Å²) in [5.41, 5.74) is 4.48. The highest BCUT2D eigenvalue weighted by Crippen LogP contribution is 2.33. The lowest BCUT2D eigenvalue weighted by Gasteiger charge is -2.05. The second-order valence-corrected chi connectivity index (χ2v) is 6.57. The van der Waals surface area contributed by atoms with Crippen LogP contribution in [0.25, 0.3) is 11.3 Å². The second-order valence-electron chi connectivity index (χ2n) is 6.13. The smallest absolute Gasteiger partial charge is 0.281 e. The van der Waals surface area contributed by atoms with E-state index in [4.69, 9.17) is 16.0 Å². The summed E-state index contributed by atoms with van der Waals surface area (Å²) in [6.45, 7) is 2.04. The molecule has 2 N–H and O–H groups in total. The summed E-state index contributed by atoms with van der Waals surface area (Å²) >= 11 is 5.82. The van der Waals surface area contributed by atoms with E-state index < -0.39 is 4.92 Å². The number of hydrogen-bond donors (Lipinski definition) is 2. The molecule has 0 bridgehead atoms. The first-order valence-corrected chi connectivity index (χ1v) is 8.97. The van der Waals surface area contributed by atoms with E-state index in [0.29, 0.717) is 17.1 Å². The average Bonchev–Trinajstić information content (AvgIpc) is 3.16. The zero-order valence-corrected chi connectivity index (χ0v) is 16.1. The minimum absolute atomic E-state index is 0.0563. The van der Waals surface area contributed by atoms with Crippen LogP contribution in [0.3, 0.4) is 0 Å². The molecule has 0 saturated heterocycles. The molecule has 1 heterocycles. The molecule has 148 valence electrons. The van der Waals surface area contributed by atoms with Gasteiger partial charge in [0.1, 0.15) is 11.5 Å². The van der Waals surface area contributed by atoms with Gasteiger partial charge in [-0.1, -0.05) is 29.3 Å². The number of nitro groups is 1. The van der Waals surface area contributed by atoms with Gasteiger partial charge in [0.2, 0.25) is 0 Å². The van der Waals surface area contributed by atoms with Crippen LogP contribution in [0.15, 0.2) is 64.1 Å². The van der Waals surface area contributed by atoms with Gasteiger partial charge in [-0.25, -0.2) is 5.43 Å². The second kappa shape index (κ2) is 9.03. The zero-order chi connectivity index (χ0) is 20.8. The normalized spacial score (nSPS) is 10.8. The molecular weight excluding hydrogens is 396 g/mol. The Balaban J connectivity index is 1.59. The largest absolute Gasteiger partial charge is 0.455 e. The van der Waals surface area contributed by atoms with Crippen LogP contribution in [0.2, 0.25) is 5.02 Å². The Morgan fingerprint density at radius 2 is 1.97 bits per heavy atom.